The van der Waals surface area contributed by atoms with Gasteiger partial charge in [-0.3, -0.25) is 9.59 Å². The normalized spacial score (nSPS) is 21.0. The second kappa shape index (κ2) is 9.01. The third-order valence-electron chi connectivity index (χ3n) is 5.76. The van der Waals surface area contributed by atoms with E-state index in [4.69, 9.17) is 17.3 Å². The Kier molecular flexibility index (Phi) is 6.18. The predicted octanol–water partition coefficient (Wildman–Crippen LogP) is 3.26. The zero-order valence-corrected chi connectivity index (χ0v) is 17.6. The van der Waals surface area contributed by atoms with E-state index in [2.05, 4.69) is 15.3 Å². The monoisotopic (exact) mass is 443 g/mol. The van der Waals surface area contributed by atoms with E-state index in [0.717, 1.165) is 24.8 Å². The van der Waals surface area contributed by atoms with Crippen molar-refractivity contribution in [2.45, 2.75) is 31.7 Å². The highest BCUT2D eigenvalue weighted by molar-refractivity contribution is 6.32. The number of amides is 2. The smallest absolute Gasteiger partial charge is 0.254 e. The first-order valence-corrected chi connectivity index (χ1v) is 10.6. The van der Waals surface area contributed by atoms with Gasteiger partial charge in [-0.15, -0.1) is 0 Å². The zero-order valence-electron chi connectivity index (χ0n) is 16.9. The van der Waals surface area contributed by atoms with Gasteiger partial charge in [-0.05, 0) is 49.1 Å². The number of primary amides is 1. The maximum atomic E-state index is 13.1. The summed E-state index contributed by atoms with van der Waals surface area (Å²) in [5, 5.41) is 3.68. The summed E-state index contributed by atoms with van der Waals surface area (Å²) >= 11 is 6.35. The molecular formula is C22H23ClFN5O2. The summed E-state index contributed by atoms with van der Waals surface area (Å²) in [6, 6.07) is 5.54. The van der Waals surface area contributed by atoms with Crippen LogP contribution in [0.15, 0.2) is 36.5 Å². The zero-order chi connectivity index (χ0) is 22.0. The minimum Gasteiger partial charge on any atom is -0.369 e. The molecule has 2 heterocycles. The van der Waals surface area contributed by atoms with Crippen LogP contribution in [0.3, 0.4) is 0 Å². The summed E-state index contributed by atoms with van der Waals surface area (Å²) in [6.45, 7) is 0.761. The molecule has 162 valence electrons. The van der Waals surface area contributed by atoms with E-state index in [0.29, 0.717) is 41.7 Å². The average molecular weight is 444 g/mol. The van der Waals surface area contributed by atoms with Crippen LogP contribution in [0.2, 0.25) is 5.02 Å². The van der Waals surface area contributed by atoms with Crippen molar-refractivity contribution in [1.82, 2.24) is 14.9 Å². The Morgan fingerprint density at radius 2 is 2.00 bits per heavy atom. The first-order chi connectivity index (χ1) is 14.9. The molecule has 2 aliphatic rings. The summed E-state index contributed by atoms with van der Waals surface area (Å²) in [5.41, 5.74) is 7.28. The molecule has 9 heteroatoms. The maximum absolute atomic E-state index is 13.1. The number of rotatable bonds is 5. The molecule has 7 nitrogen and oxygen atoms in total. The lowest BCUT2D eigenvalue weighted by atomic mass is 9.85. The van der Waals surface area contributed by atoms with Crippen LogP contribution < -0.4 is 11.1 Å². The average Bonchev–Trinajstić information content (AvgIpc) is 3.25. The third-order valence-corrected chi connectivity index (χ3v) is 6.03. The Labute approximate surface area is 184 Å². The van der Waals surface area contributed by atoms with Crippen LogP contribution in [-0.4, -0.2) is 45.8 Å². The molecule has 1 fully saturated rings. The second-order valence-corrected chi connectivity index (χ2v) is 8.33. The molecule has 1 aliphatic heterocycles. The largest absolute Gasteiger partial charge is 0.369 e. The molecule has 0 radical (unpaired) electrons. The van der Waals surface area contributed by atoms with Gasteiger partial charge >= 0.3 is 0 Å². The van der Waals surface area contributed by atoms with E-state index < -0.39 is 0 Å². The van der Waals surface area contributed by atoms with Crippen molar-refractivity contribution in [3.63, 3.8) is 0 Å². The fourth-order valence-electron chi connectivity index (χ4n) is 4.08. The first-order valence-electron chi connectivity index (χ1n) is 10.2. The Hall–Kier alpha value is -3.00. The molecule has 1 aliphatic carbocycles. The van der Waals surface area contributed by atoms with Gasteiger partial charge in [0, 0.05) is 30.6 Å². The Balaban J connectivity index is 1.44. The molecule has 1 saturated carbocycles. The SMILES string of the molecule is NC(=O)[C@H]1CCCC(Nc2ncc(Cl)c(C3=CCN(C(=O)c4ccc(F)cc4)C3)n2)C1. The predicted molar refractivity (Wildman–Crippen MR) is 116 cm³/mol. The summed E-state index contributed by atoms with van der Waals surface area (Å²) < 4.78 is 13.1. The molecule has 1 aromatic carbocycles. The first kappa shape index (κ1) is 21.2. The molecule has 2 amide bonds. The molecule has 4 rings (SSSR count). The van der Waals surface area contributed by atoms with Gasteiger partial charge < -0.3 is 16.0 Å². The van der Waals surface area contributed by atoms with Crippen molar-refractivity contribution in [3.05, 3.63) is 58.6 Å². The van der Waals surface area contributed by atoms with Crippen LogP contribution in [0.5, 0.6) is 0 Å². The van der Waals surface area contributed by atoms with Crippen LogP contribution >= 0.6 is 11.6 Å². The van der Waals surface area contributed by atoms with Gasteiger partial charge in [0.2, 0.25) is 11.9 Å². The number of benzene rings is 1. The lowest BCUT2D eigenvalue weighted by Crippen LogP contribution is -2.34. The van der Waals surface area contributed by atoms with Gasteiger partial charge in [-0.25, -0.2) is 14.4 Å². The van der Waals surface area contributed by atoms with E-state index >= 15 is 0 Å². The van der Waals surface area contributed by atoms with Gasteiger partial charge in [-0.2, -0.15) is 0 Å². The van der Waals surface area contributed by atoms with Crippen molar-refractivity contribution in [3.8, 4) is 0 Å². The minimum absolute atomic E-state index is 0.0642. The molecule has 1 aromatic heterocycles. The number of nitrogens with zero attached hydrogens (tertiary/aromatic N) is 3. The molecule has 1 unspecified atom stereocenters. The highest BCUT2D eigenvalue weighted by atomic mass is 35.5. The quantitative estimate of drug-likeness (QED) is 0.738. The molecule has 2 atom stereocenters. The molecule has 0 bridgehead atoms. The fraction of sp³-hybridized carbons (Fsp3) is 0.364. The summed E-state index contributed by atoms with van der Waals surface area (Å²) in [7, 11) is 0. The number of hydrogen-bond acceptors (Lipinski definition) is 5. The number of hydrogen-bond donors (Lipinski definition) is 2. The summed E-state index contributed by atoms with van der Waals surface area (Å²) in [6.07, 6.45) is 6.73. The lowest BCUT2D eigenvalue weighted by Gasteiger charge is -2.28. The van der Waals surface area contributed by atoms with Gasteiger partial charge in [0.1, 0.15) is 5.82 Å². The minimum atomic E-state index is -0.385. The van der Waals surface area contributed by atoms with E-state index in [9.17, 15) is 14.0 Å². The molecule has 31 heavy (non-hydrogen) atoms. The Morgan fingerprint density at radius 3 is 2.74 bits per heavy atom. The standard InChI is InChI=1S/C22H23ClFN5O2/c23-18-11-26-22(27-17-3-1-2-14(10-17)20(25)30)28-19(18)15-8-9-29(12-15)21(31)13-4-6-16(24)7-5-13/h4-8,11,14,17H,1-3,9-10,12H2,(H2,25,30)(H,26,27,28)/t14-,17?/m0/s1. The number of nitrogens with two attached hydrogens (primary N) is 1. The number of aromatic nitrogens is 2. The second-order valence-electron chi connectivity index (χ2n) is 7.92. The van der Waals surface area contributed by atoms with E-state index in [-0.39, 0.29) is 29.6 Å². The molecular weight excluding hydrogens is 421 g/mol. The molecule has 3 N–H and O–H groups in total. The highest BCUT2D eigenvalue weighted by Gasteiger charge is 2.27. The van der Waals surface area contributed by atoms with Crippen molar-refractivity contribution in [2.75, 3.05) is 18.4 Å². The van der Waals surface area contributed by atoms with E-state index in [1.54, 1.807) is 4.90 Å². The third kappa shape index (κ3) is 4.85. The van der Waals surface area contributed by atoms with Crippen molar-refractivity contribution in [2.24, 2.45) is 11.7 Å². The number of nitrogens with one attached hydrogen (secondary N) is 1. The van der Waals surface area contributed by atoms with Crippen LogP contribution in [-0.2, 0) is 4.79 Å². The van der Waals surface area contributed by atoms with Crippen LogP contribution in [0.1, 0.15) is 41.7 Å². The van der Waals surface area contributed by atoms with Crippen LogP contribution in [0.4, 0.5) is 10.3 Å². The van der Waals surface area contributed by atoms with E-state index in [1.807, 2.05) is 6.08 Å². The maximum Gasteiger partial charge on any atom is 0.254 e. The summed E-state index contributed by atoms with van der Waals surface area (Å²) in [5.74, 6) is -0.550. The molecule has 0 saturated heterocycles. The van der Waals surface area contributed by atoms with Gasteiger partial charge in [0.15, 0.2) is 0 Å². The van der Waals surface area contributed by atoms with Gasteiger partial charge in [-0.1, -0.05) is 24.1 Å². The number of carbonyl (C=O) groups is 2. The Bertz CT molecular complexity index is 1030. The van der Waals surface area contributed by atoms with Crippen molar-refractivity contribution >= 4 is 34.9 Å². The number of anilines is 1. The number of carbonyl (C=O) groups excluding carboxylic acids is 2. The highest BCUT2D eigenvalue weighted by Crippen LogP contribution is 2.29. The van der Waals surface area contributed by atoms with Crippen molar-refractivity contribution in [1.29, 1.82) is 0 Å². The van der Waals surface area contributed by atoms with Crippen LogP contribution in [0.25, 0.3) is 5.57 Å². The van der Waals surface area contributed by atoms with E-state index in [1.165, 1.54) is 30.5 Å². The number of halogens is 2. The van der Waals surface area contributed by atoms with Gasteiger partial charge in [0.25, 0.3) is 5.91 Å². The van der Waals surface area contributed by atoms with Gasteiger partial charge in [0.05, 0.1) is 16.9 Å². The summed E-state index contributed by atoms with van der Waals surface area (Å²) in [4.78, 5) is 34.7. The lowest BCUT2D eigenvalue weighted by molar-refractivity contribution is -0.122. The van der Waals surface area contributed by atoms with Crippen molar-refractivity contribution < 1.29 is 14.0 Å². The molecule has 2 aromatic rings. The molecule has 0 spiro atoms. The fourth-order valence-corrected chi connectivity index (χ4v) is 4.29. The topological polar surface area (TPSA) is 101 Å². The Morgan fingerprint density at radius 1 is 1.23 bits per heavy atom. The van der Waals surface area contributed by atoms with Crippen LogP contribution in [0, 0.1) is 11.7 Å².